The second kappa shape index (κ2) is 9.16. The van der Waals surface area contributed by atoms with Crippen LogP contribution in [0.1, 0.15) is 36.5 Å². The van der Waals surface area contributed by atoms with Crippen molar-refractivity contribution in [2.45, 2.75) is 31.5 Å². The van der Waals surface area contributed by atoms with Crippen LogP contribution in [0.15, 0.2) is 48.0 Å². The largest absolute Gasteiger partial charge is 0.417 e. The lowest BCUT2D eigenvalue weighted by atomic mass is 9.86. The molecule has 0 radical (unpaired) electrons. The summed E-state index contributed by atoms with van der Waals surface area (Å²) in [4.78, 5) is 41.6. The van der Waals surface area contributed by atoms with Crippen LogP contribution in [0.4, 0.5) is 24.5 Å². The number of amides is 3. The zero-order valence-electron chi connectivity index (χ0n) is 20.9. The first-order chi connectivity index (χ1) is 17.9. The fraction of sp³-hybridized carbons (Fsp3) is 0.370. The van der Waals surface area contributed by atoms with Gasteiger partial charge in [0, 0.05) is 61.2 Å². The molecule has 1 unspecified atom stereocenters. The number of imide groups is 1. The Labute approximate surface area is 217 Å². The summed E-state index contributed by atoms with van der Waals surface area (Å²) in [6.07, 6.45) is -4.76. The lowest BCUT2D eigenvalue weighted by molar-refractivity contribution is -0.148. The van der Waals surface area contributed by atoms with Gasteiger partial charge in [-0.15, -0.1) is 0 Å². The number of rotatable bonds is 4. The SMILES string of the molecule is CC(C)(O)C(=O)N1CCN(c2ccc(C(F)(F)F)c(C3=C(C4CNc5ccccc54)C(=O)NC3=O)c2)CC1. The third-order valence-corrected chi connectivity index (χ3v) is 7.18. The van der Waals surface area contributed by atoms with Gasteiger partial charge in [-0.2, -0.15) is 13.2 Å². The van der Waals surface area contributed by atoms with Gasteiger partial charge in [-0.25, -0.2) is 0 Å². The number of benzene rings is 2. The highest BCUT2D eigenvalue weighted by molar-refractivity contribution is 6.36. The summed E-state index contributed by atoms with van der Waals surface area (Å²) in [6, 6.07) is 10.8. The molecule has 2 aromatic rings. The molecule has 1 atom stereocenters. The maximum Gasteiger partial charge on any atom is 0.417 e. The van der Waals surface area contributed by atoms with E-state index in [4.69, 9.17) is 0 Å². The maximum atomic E-state index is 14.2. The minimum atomic E-state index is -4.76. The topological polar surface area (TPSA) is 102 Å². The van der Waals surface area contributed by atoms with Gasteiger partial charge in [0.05, 0.1) is 11.1 Å². The van der Waals surface area contributed by atoms with Gasteiger partial charge in [0.2, 0.25) is 0 Å². The van der Waals surface area contributed by atoms with Crippen LogP contribution in [0.3, 0.4) is 0 Å². The number of halogens is 3. The summed E-state index contributed by atoms with van der Waals surface area (Å²) >= 11 is 0. The number of para-hydroxylation sites is 1. The van der Waals surface area contributed by atoms with Crippen LogP contribution < -0.4 is 15.5 Å². The van der Waals surface area contributed by atoms with Crippen molar-refractivity contribution in [2.75, 3.05) is 42.9 Å². The molecule has 3 heterocycles. The van der Waals surface area contributed by atoms with E-state index in [1.165, 1.54) is 30.9 Å². The van der Waals surface area contributed by atoms with Crippen LogP contribution >= 0.6 is 0 Å². The number of anilines is 2. The first kappa shape index (κ1) is 25.8. The summed E-state index contributed by atoms with van der Waals surface area (Å²) in [6.45, 7) is 4.28. The molecule has 0 spiro atoms. The molecule has 0 aliphatic carbocycles. The van der Waals surface area contributed by atoms with E-state index in [0.29, 0.717) is 18.8 Å². The molecule has 38 heavy (non-hydrogen) atoms. The van der Waals surface area contributed by atoms with Crippen molar-refractivity contribution in [3.05, 3.63) is 64.7 Å². The Balaban J connectivity index is 1.55. The Bertz CT molecular complexity index is 1350. The second-order valence-electron chi connectivity index (χ2n) is 10.2. The first-order valence-electron chi connectivity index (χ1n) is 12.3. The minimum absolute atomic E-state index is 0.00990. The summed E-state index contributed by atoms with van der Waals surface area (Å²) in [7, 11) is 0. The van der Waals surface area contributed by atoms with Gasteiger partial charge in [-0.3, -0.25) is 19.7 Å². The van der Waals surface area contributed by atoms with Crippen LogP contribution in [0, 0.1) is 0 Å². The van der Waals surface area contributed by atoms with E-state index in [0.717, 1.165) is 17.3 Å². The molecule has 3 N–H and O–H groups in total. The molecule has 1 fully saturated rings. The fourth-order valence-electron chi connectivity index (χ4n) is 5.35. The van der Waals surface area contributed by atoms with Crippen LogP contribution in [0.5, 0.6) is 0 Å². The molecule has 3 aliphatic rings. The molecule has 200 valence electrons. The quantitative estimate of drug-likeness (QED) is 0.528. The van der Waals surface area contributed by atoms with Crippen molar-refractivity contribution in [1.82, 2.24) is 10.2 Å². The van der Waals surface area contributed by atoms with Gasteiger partial charge >= 0.3 is 6.18 Å². The number of piperazine rings is 1. The monoisotopic (exact) mass is 528 g/mol. The van der Waals surface area contributed by atoms with E-state index in [2.05, 4.69) is 10.6 Å². The Morgan fingerprint density at radius 3 is 2.34 bits per heavy atom. The molecule has 0 aromatic heterocycles. The molecule has 2 aromatic carbocycles. The van der Waals surface area contributed by atoms with E-state index in [-0.39, 0.29) is 36.3 Å². The molecule has 0 saturated carbocycles. The molecule has 3 aliphatic heterocycles. The highest BCUT2D eigenvalue weighted by Gasteiger charge is 2.43. The molecule has 11 heteroatoms. The van der Waals surface area contributed by atoms with E-state index in [9.17, 15) is 32.7 Å². The number of hydrogen-bond acceptors (Lipinski definition) is 6. The zero-order chi connectivity index (χ0) is 27.4. The number of nitrogens with one attached hydrogen (secondary N) is 2. The lowest BCUT2D eigenvalue weighted by Crippen LogP contribution is -2.54. The molecule has 0 bridgehead atoms. The van der Waals surface area contributed by atoms with Gasteiger partial charge in [-0.1, -0.05) is 18.2 Å². The first-order valence-corrected chi connectivity index (χ1v) is 12.3. The van der Waals surface area contributed by atoms with Crippen LogP contribution in [0.25, 0.3) is 5.57 Å². The number of carbonyl (C=O) groups excluding carboxylic acids is 3. The Morgan fingerprint density at radius 2 is 1.68 bits per heavy atom. The number of carbonyl (C=O) groups is 3. The molecule has 3 amide bonds. The molecule has 5 rings (SSSR count). The third kappa shape index (κ3) is 4.51. The summed E-state index contributed by atoms with van der Waals surface area (Å²) in [5.74, 6) is -2.58. The van der Waals surface area contributed by atoms with E-state index in [1.54, 1.807) is 12.1 Å². The summed E-state index contributed by atoms with van der Waals surface area (Å²) in [5.41, 5.74) is -1.21. The lowest BCUT2D eigenvalue weighted by Gasteiger charge is -2.38. The van der Waals surface area contributed by atoms with Gasteiger partial charge < -0.3 is 20.2 Å². The van der Waals surface area contributed by atoms with E-state index in [1.807, 2.05) is 17.0 Å². The van der Waals surface area contributed by atoms with E-state index >= 15 is 0 Å². The third-order valence-electron chi connectivity index (χ3n) is 7.18. The number of nitrogens with zero attached hydrogens (tertiary/aromatic N) is 2. The van der Waals surface area contributed by atoms with Crippen LogP contribution in [-0.4, -0.2) is 66.1 Å². The molecular weight excluding hydrogens is 501 g/mol. The average molecular weight is 529 g/mol. The smallest absolute Gasteiger partial charge is 0.384 e. The van der Waals surface area contributed by atoms with Crippen LogP contribution in [-0.2, 0) is 20.6 Å². The van der Waals surface area contributed by atoms with Crippen molar-refractivity contribution in [3.63, 3.8) is 0 Å². The number of alkyl halides is 3. The number of fused-ring (bicyclic) bond motifs is 1. The Kier molecular flexibility index (Phi) is 6.21. The van der Waals surface area contributed by atoms with Crippen molar-refractivity contribution in [2.24, 2.45) is 0 Å². The fourth-order valence-corrected chi connectivity index (χ4v) is 5.35. The van der Waals surface area contributed by atoms with E-state index < -0.39 is 41.0 Å². The second-order valence-corrected chi connectivity index (χ2v) is 10.2. The van der Waals surface area contributed by atoms with Crippen molar-refractivity contribution in [1.29, 1.82) is 0 Å². The number of aliphatic hydroxyl groups is 1. The number of hydrogen-bond donors (Lipinski definition) is 3. The predicted octanol–water partition coefficient (Wildman–Crippen LogP) is 2.74. The van der Waals surface area contributed by atoms with Crippen molar-refractivity contribution in [3.8, 4) is 0 Å². The molecule has 8 nitrogen and oxygen atoms in total. The standard InChI is InChI=1S/C27H27F3N4O4/c1-26(2,38)25(37)34-11-9-33(10-12-34)15-7-8-19(27(28,29)30)17(13-15)21-22(24(36)32-23(21)35)18-14-31-20-6-4-3-5-16(18)20/h3-8,13,18,31,38H,9-12,14H2,1-2H3,(H,32,35,36). The van der Waals surface area contributed by atoms with Crippen molar-refractivity contribution < 1.29 is 32.7 Å². The average Bonchev–Trinajstić information content (AvgIpc) is 3.41. The van der Waals surface area contributed by atoms with Gasteiger partial charge in [-0.05, 0) is 43.7 Å². The molecule has 1 saturated heterocycles. The van der Waals surface area contributed by atoms with Crippen LogP contribution in [0.2, 0.25) is 0 Å². The highest BCUT2D eigenvalue weighted by Crippen LogP contribution is 2.44. The Hall–Kier alpha value is -3.86. The summed E-state index contributed by atoms with van der Waals surface area (Å²) < 4.78 is 42.5. The van der Waals surface area contributed by atoms with Gasteiger partial charge in [0.1, 0.15) is 5.60 Å². The Morgan fingerprint density at radius 1 is 1.00 bits per heavy atom. The van der Waals surface area contributed by atoms with Gasteiger partial charge in [0.25, 0.3) is 17.7 Å². The highest BCUT2D eigenvalue weighted by atomic mass is 19.4. The maximum absolute atomic E-state index is 14.2. The molecular formula is C27H27F3N4O4. The summed E-state index contributed by atoms with van der Waals surface area (Å²) in [5, 5.41) is 15.4. The zero-order valence-corrected chi connectivity index (χ0v) is 20.9. The predicted molar refractivity (Wildman–Crippen MR) is 134 cm³/mol. The van der Waals surface area contributed by atoms with Crippen molar-refractivity contribution >= 4 is 34.7 Å². The van der Waals surface area contributed by atoms with Gasteiger partial charge in [0.15, 0.2) is 0 Å². The minimum Gasteiger partial charge on any atom is -0.384 e. The normalized spacial score (nSPS) is 20.0.